The molecule has 2 saturated heterocycles. The molecule has 0 bridgehead atoms. The molecule has 3 heteroatoms. The number of rotatable bonds is 0. The van der Waals surface area contributed by atoms with Gasteiger partial charge in [0, 0.05) is 25.0 Å². The molecule has 0 amide bonds. The fourth-order valence-electron chi connectivity index (χ4n) is 2.98. The van der Waals surface area contributed by atoms with Gasteiger partial charge >= 0.3 is 0 Å². The van der Waals surface area contributed by atoms with Crippen molar-refractivity contribution in [3.05, 3.63) is 0 Å². The summed E-state index contributed by atoms with van der Waals surface area (Å²) in [6.07, 6.45) is 7.35. The van der Waals surface area contributed by atoms with Gasteiger partial charge in [0.25, 0.3) is 0 Å². The lowest BCUT2D eigenvalue weighted by Crippen LogP contribution is -2.60. The molecule has 3 rings (SSSR count). The molecule has 3 fully saturated rings. The average Bonchev–Trinajstić information content (AvgIpc) is 2.43. The second kappa shape index (κ2) is 3.72. The largest absolute Gasteiger partial charge is 0.381 e. The van der Waals surface area contributed by atoms with E-state index in [-0.39, 0.29) is 5.72 Å². The van der Waals surface area contributed by atoms with Gasteiger partial charge in [0.1, 0.15) is 5.72 Å². The maximum absolute atomic E-state index is 6.15. The van der Waals surface area contributed by atoms with Crippen molar-refractivity contribution in [1.29, 1.82) is 0 Å². The summed E-state index contributed by atoms with van der Waals surface area (Å²) in [5.74, 6) is 0. The molecule has 1 N–H and O–H groups in total. The Morgan fingerprint density at radius 1 is 0.933 bits per heavy atom. The summed E-state index contributed by atoms with van der Waals surface area (Å²) in [5, 5.41) is 3.66. The Bertz CT molecular complexity index is 218. The molecule has 2 heterocycles. The van der Waals surface area contributed by atoms with Gasteiger partial charge in [-0.2, -0.15) is 0 Å². The molecule has 3 aliphatic rings. The fourth-order valence-corrected chi connectivity index (χ4v) is 2.98. The second-order valence-electron chi connectivity index (χ2n) is 5.46. The van der Waals surface area contributed by atoms with Gasteiger partial charge in [-0.15, -0.1) is 0 Å². The van der Waals surface area contributed by atoms with Crippen molar-refractivity contribution in [3.8, 4) is 0 Å². The van der Waals surface area contributed by atoms with E-state index >= 15 is 0 Å². The Hall–Kier alpha value is -0.120. The number of ether oxygens (including phenoxy) is 2. The summed E-state index contributed by atoms with van der Waals surface area (Å²) in [5.41, 5.74) is 0.454. The number of nitrogens with one attached hydrogen (secondary N) is 1. The molecule has 1 saturated carbocycles. The minimum absolute atomic E-state index is 0.0443. The lowest BCUT2D eigenvalue weighted by atomic mass is 9.68. The smallest absolute Gasteiger partial charge is 0.121 e. The summed E-state index contributed by atoms with van der Waals surface area (Å²) in [6.45, 7) is 3.88. The van der Waals surface area contributed by atoms with Crippen LogP contribution >= 0.6 is 0 Å². The zero-order valence-electron chi connectivity index (χ0n) is 9.39. The van der Waals surface area contributed by atoms with Crippen LogP contribution in [-0.2, 0) is 9.47 Å². The van der Waals surface area contributed by atoms with Crippen LogP contribution in [-0.4, -0.2) is 32.1 Å². The minimum atomic E-state index is -0.0443. The third-order valence-corrected chi connectivity index (χ3v) is 4.37. The molecule has 1 atom stereocenters. The molecule has 2 aliphatic heterocycles. The summed E-state index contributed by atoms with van der Waals surface area (Å²) < 4.78 is 11.6. The van der Waals surface area contributed by atoms with Gasteiger partial charge in [-0.05, 0) is 25.7 Å². The van der Waals surface area contributed by atoms with E-state index in [2.05, 4.69) is 5.32 Å². The van der Waals surface area contributed by atoms with Gasteiger partial charge in [-0.1, -0.05) is 6.42 Å². The van der Waals surface area contributed by atoms with E-state index in [4.69, 9.17) is 9.47 Å². The molecule has 15 heavy (non-hydrogen) atoms. The monoisotopic (exact) mass is 211 g/mol. The Morgan fingerprint density at radius 2 is 1.87 bits per heavy atom. The highest BCUT2D eigenvalue weighted by atomic mass is 16.5. The molecule has 0 radical (unpaired) electrons. The first-order valence-electron chi connectivity index (χ1n) is 6.30. The molecular weight excluding hydrogens is 190 g/mol. The van der Waals surface area contributed by atoms with Crippen LogP contribution in [0.25, 0.3) is 0 Å². The summed E-state index contributed by atoms with van der Waals surface area (Å²) in [6, 6.07) is 0. The predicted molar refractivity (Wildman–Crippen MR) is 57.6 cm³/mol. The Kier molecular flexibility index (Phi) is 2.49. The Labute approximate surface area is 91.5 Å². The van der Waals surface area contributed by atoms with Crippen molar-refractivity contribution in [2.24, 2.45) is 5.41 Å². The highest BCUT2D eigenvalue weighted by Crippen LogP contribution is 2.44. The van der Waals surface area contributed by atoms with E-state index in [9.17, 15) is 0 Å². The van der Waals surface area contributed by atoms with Crippen LogP contribution in [0.3, 0.4) is 0 Å². The average molecular weight is 211 g/mol. The topological polar surface area (TPSA) is 30.5 Å². The highest BCUT2D eigenvalue weighted by molar-refractivity contribution is 4.96. The minimum Gasteiger partial charge on any atom is -0.381 e. The number of hydrogen-bond donors (Lipinski definition) is 1. The molecule has 2 spiro atoms. The molecule has 0 aromatic heterocycles. The van der Waals surface area contributed by atoms with Gasteiger partial charge < -0.3 is 9.47 Å². The van der Waals surface area contributed by atoms with Crippen LogP contribution in [0.4, 0.5) is 0 Å². The van der Waals surface area contributed by atoms with Crippen molar-refractivity contribution in [2.45, 2.75) is 44.2 Å². The Morgan fingerprint density at radius 3 is 2.53 bits per heavy atom. The van der Waals surface area contributed by atoms with E-state index < -0.39 is 0 Å². The third kappa shape index (κ3) is 1.81. The van der Waals surface area contributed by atoms with Crippen molar-refractivity contribution in [2.75, 3.05) is 26.4 Å². The van der Waals surface area contributed by atoms with Gasteiger partial charge in [-0.25, -0.2) is 0 Å². The third-order valence-electron chi connectivity index (χ3n) is 4.37. The van der Waals surface area contributed by atoms with Gasteiger partial charge in [0.2, 0.25) is 0 Å². The molecular formula is C12H21NO2. The van der Waals surface area contributed by atoms with Crippen LogP contribution in [0, 0.1) is 5.41 Å². The van der Waals surface area contributed by atoms with E-state index in [1.165, 1.54) is 19.3 Å². The molecule has 0 aromatic rings. The van der Waals surface area contributed by atoms with Gasteiger partial charge in [0.05, 0.1) is 13.2 Å². The molecule has 3 nitrogen and oxygen atoms in total. The van der Waals surface area contributed by atoms with Gasteiger partial charge in [0.15, 0.2) is 0 Å². The molecule has 1 unspecified atom stereocenters. The van der Waals surface area contributed by atoms with Crippen LogP contribution in [0.1, 0.15) is 38.5 Å². The van der Waals surface area contributed by atoms with E-state index in [1.807, 2.05) is 0 Å². The first kappa shape index (κ1) is 10.1. The first-order valence-corrected chi connectivity index (χ1v) is 6.30. The quantitative estimate of drug-likeness (QED) is 0.661. The SMILES string of the molecule is C1CC2(C1)CNC1(CCCOCC1)OC2. The predicted octanol–water partition coefficient (Wildman–Crippen LogP) is 1.67. The number of hydrogen-bond acceptors (Lipinski definition) is 3. The van der Waals surface area contributed by atoms with E-state index in [0.717, 1.165) is 45.6 Å². The molecule has 86 valence electrons. The Balaban J connectivity index is 1.63. The van der Waals surface area contributed by atoms with E-state index in [0.29, 0.717) is 5.41 Å². The summed E-state index contributed by atoms with van der Waals surface area (Å²) in [4.78, 5) is 0. The first-order chi connectivity index (χ1) is 7.33. The maximum Gasteiger partial charge on any atom is 0.121 e. The van der Waals surface area contributed by atoms with Crippen LogP contribution < -0.4 is 5.32 Å². The summed E-state index contributed by atoms with van der Waals surface area (Å²) in [7, 11) is 0. The van der Waals surface area contributed by atoms with E-state index in [1.54, 1.807) is 0 Å². The molecule has 0 aromatic carbocycles. The van der Waals surface area contributed by atoms with Crippen LogP contribution in [0.5, 0.6) is 0 Å². The van der Waals surface area contributed by atoms with Crippen molar-refractivity contribution < 1.29 is 9.47 Å². The van der Waals surface area contributed by atoms with Crippen molar-refractivity contribution >= 4 is 0 Å². The lowest BCUT2D eigenvalue weighted by Gasteiger charge is -2.51. The maximum atomic E-state index is 6.15. The van der Waals surface area contributed by atoms with Gasteiger partial charge in [-0.3, -0.25) is 5.32 Å². The molecule has 1 aliphatic carbocycles. The van der Waals surface area contributed by atoms with Crippen molar-refractivity contribution in [1.82, 2.24) is 5.32 Å². The van der Waals surface area contributed by atoms with Crippen LogP contribution in [0.2, 0.25) is 0 Å². The van der Waals surface area contributed by atoms with Crippen molar-refractivity contribution in [3.63, 3.8) is 0 Å². The second-order valence-corrected chi connectivity index (χ2v) is 5.46. The summed E-state index contributed by atoms with van der Waals surface area (Å²) >= 11 is 0. The fraction of sp³-hybridized carbons (Fsp3) is 1.00. The zero-order valence-corrected chi connectivity index (χ0v) is 9.39. The normalized spacial score (nSPS) is 40.0. The van der Waals surface area contributed by atoms with Crippen LogP contribution in [0.15, 0.2) is 0 Å². The lowest BCUT2D eigenvalue weighted by molar-refractivity contribution is -0.171. The standard InChI is InChI=1S/C12H21NO2/c1-3-11(4-1)9-13-12(15-10-11)5-2-7-14-8-6-12/h13H,1-10H2. The zero-order chi connectivity index (χ0) is 10.2. The highest BCUT2D eigenvalue weighted by Gasteiger charge is 2.46.